The van der Waals surface area contributed by atoms with Crippen LogP contribution in [0.25, 0.3) is 10.4 Å². The Morgan fingerprint density at radius 2 is 1.86 bits per heavy atom. The number of carbonyl (C=O) groups excluding carboxylic acids is 2. The molecule has 150 valence electrons. The van der Waals surface area contributed by atoms with Crippen molar-refractivity contribution in [3.63, 3.8) is 0 Å². The van der Waals surface area contributed by atoms with Crippen LogP contribution in [0.3, 0.4) is 0 Å². The summed E-state index contributed by atoms with van der Waals surface area (Å²) in [5.41, 5.74) is 12.2. The van der Waals surface area contributed by atoms with E-state index in [0.717, 1.165) is 5.56 Å². The maximum Gasteiger partial charge on any atom is 0.384 e. The molecule has 28 heavy (non-hydrogen) atoms. The Kier molecular flexibility index (Phi) is 8.29. The van der Waals surface area contributed by atoms with Gasteiger partial charge in [0, 0.05) is 16.4 Å². The average molecular weight is 401 g/mol. The smallest absolute Gasteiger partial charge is 0.384 e. The SMILES string of the molecule is CC(C)(C)NC(=O)C(OC(=O)C#C[Si](C)(C)C)[C@H](Cc1ccccc1)N=[N+]=[N-]. The van der Waals surface area contributed by atoms with Crippen LogP contribution in [0.4, 0.5) is 0 Å². The summed E-state index contributed by atoms with van der Waals surface area (Å²) in [6, 6.07) is 8.36. The van der Waals surface area contributed by atoms with E-state index in [1.165, 1.54) is 0 Å². The van der Waals surface area contributed by atoms with Crippen molar-refractivity contribution in [1.82, 2.24) is 5.32 Å². The van der Waals surface area contributed by atoms with Gasteiger partial charge in [-0.3, -0.25) is 4.79 Å². The van der Waals surface area contributed by atoms with Gasteiger partial charge in [-0.2, -0.15) is 0 Å². The van der Waals surface area contributed by atoms with Crippen LogP contribution >= 0.6 is 0 Å². The van der Waals surface area contributed by atoms with Gasteiger partial charge in [0.15, 0.2) is 6.10 Å². The van der Waals surface area contributed by atoms with Gasteiger partial charge >= 0.3 is 5.97 Å². The molecule has 0 fully saturated rings. The highest BCUT2D eigenvalue weighted by molar-refractivity contribution is 6.84. The van der Waals surface area contributed by atoms with E-state index in [9.17, 15) is 9.59 Å². The molecule has 7 nitrogen and oxygen atoms in total. The standard InChI is InChI=1S/C20H28N4O3Si/c1-20(2,3)22-19(26)18(27-17(25)12-13-28(4,5)6)16(23-24-21)14-15-10-8-7-9-11-15/h7-11,16,18H,14H2,1-6H3,(H,22,26)/t16-,18?/m0/s1. The maximum atomic E-state index is 12.8. The van der Waals surface area contributed by atoms with Crippen LogP contribution in [0.2, 0.25) is 19.6 Å². The highest BCUT2D eigenvalue weighted by Crippen LogP contribution is 2.15. The first kappa shape index (κ1) is 23.3. The molecule has 0 bridgehead atoms. The monoisotopic (exact) mass is 400 g/mol. The Morgan fingerprint density at radius 1 is 1.25 bits per heavy atom. The molecule has 0 radical (unpaired) electrons. The van der Waals surface area contributed by atoms with E-state index in [-0.39, 0.29) is 6.42 Å². The third-order valence-electron chi connectivity index (χ3n) is 3.37. The third-order valence-corrected chi connectivity index (χ3v) is 4.24. The summed E-state index contributed by atoms with van der Waals surface area (Å²) >= 11 is 0. The molecule has 1 amide bonds. The van der Waals surface area contributed by atoms with Gasteiger partial charge in [0.25, 0.3) is 5.91 Å². The molecule has 0 aromatic heterocycles. The highest BCUT2D eigenvalue weighted by atomic mass is 28.3. The Hall–Kier alpha value is -2.75. The summed E-state index contributed by atoms with van der Waals surface area (Å²) in [5.74, 6) is 1.14. The minimum Gasteiger partial charge on any atom is -0.442 e. The Bertz CT molecular complexity index is 795. The second-order valence-corrected chi connectivity index (χ2v) is 13.3. The fourth-order valence-electron chi connectivity index (χ4n) is 2.26. The molecule has 1 rings (SSSR count). The van der Waals surface area contributed by atoms with Gasteiger partial charge in [0.2, 0.25) is 0 Å². The molecule has 1 unspecified atom stereocenters. The number of azide groups is 1. The van der Waals surface area contributed by atoms with Gasteiger partial charge in [-0.05, 0) is 38.3 Å². The van der Waals surface area contributed by atoms with E-state index >= 15 is 0 Å². The molecule has 8 heteroatoms. The van der Waals surface area contributed by atoms with Crippen molar-refractivity contribution in [3.05, 3.63) is 46.3 Å². The van der Waals surface area contributed by atoms with E-state index in [0.29, 0.717) is 0 Å². The molecule has 0 saturated carbocycles. The molecule has 0 saturated heterocycles. The van der Waals surface area contributed by atoms with Crippen LogP contribution in [-0.4, -0.2) is 37.6 Å². The summed E-state index contributed by atoms with van der Waals surface area (Å²) in [6.45, 7) is 11.4. The quantitative estimate of drug-likeness (QED) is 0.197. The number of esters is 1. The number of nitrogens with one attached hydrogen (secondary N) is 1. The Labute approximate surface area is 167 Å². The molecule has 0 heterocycles. The zero-order chi connectivity index (χ0) is 21.4. The first-order valence-electron chi connectivity index (χ1n) is 9.05. The normalized spacial score (nSPS) is 13.2. The Balaban J connectivity index is 3.17. The van der Waals surface area contributed by atoms with Crippen molar-refractivity contribution in [3.8, 4) is 11.5 Å². The van der Waals surface area contributed by atoms with E-state index < -0.39 is 37.6 Å². The number of hydrogen-bond acceptors (Lipinski definition) is 4. The first-order chi connectivity index (χ1) is 12.9. The van der Waals surface area contributed by atoms with Crippen molar-refractivity contribution in [1.29, 1.82) is 0 Å². The van der Waals surface area contributed by atoms with Crippen LogP contribution in [0.15, 0.2) is 35.4 Å². The summed E-state index contributed by atoms with van der Waals surface area (Å²) in [6.07, 6.45) is -1.03. The fraction of sp³-hybridized carbons (Fsp3) is 0.500. The predicted molar refractivity (Wildman–Crippen MR) is 112 cm³/mol. The lowest BCUT2D eigenvalue weighted by molar-refractivity contribution is -0.152. The zero-order valence-electron chi connectivity index (χ0n) is 17.3. The second kappa shape index (κ2) is 9.97. The topological polar surface area (TPSA) is 104 Å². The number of benzene rings is 1. The first-order valence-corrected chi connectivity index (χ1v) is 12.6. The van der Waals surface area contributed by atoms with Crippen molar-refractivity contribution >= 4 is 20.0 Å². The molecule has 0 aliphatic rings. The second-order valence-electron chi connectivity index (χ2n) is 8.53. The molecule has 1 aromatic carbocycles. The lowest BCUT2D eigenvalue weighted by atomic mass is 10.00. The zero-order valence-corrected chi connectivity index (χ0v) is 18.3. The molecule has 2 atom stereocenters. The van der Waals surface area contributed by atoms with Gasteiger partial charge < -0.3 is 10.1 Å². The summed E-state index contributed by atoms with van der Waals surface area (Å²) in [4.78, 5) is 27.9. The Morgan fingerprint density at radius 3 is 2.36 bits per heavy atom. The van der Waals surface area contributed by atoms with Crippen LogP contribution in [0, 0.1) is 11.5 Å². The molecular weight excluding hydrogens is 372 g/mol. The molecule has 1 aromatic rings. The predicted octanol–water partition coefficient (Wildman–Crippen LogP) is 3.62. The third kappa shape index (κ3) is 9.26. The van der Waals surface area contributed by atoms with Gasteiger partial charge in [-0.25, -0.2) is 4.79 Å². The molecule has 0 aliphatic heterocycles. The number of amides is 1. The largest absolute Gasteiger partial charge is 0.442 e. The van der Waals surface area contributed by atoms with Crippen molar-refractivity contribution < 1.29 is 14.3 Å². The van der Waals surface area contributed by atoms with Gasteiger partial charge in [-0.15, -0.1) is 5.54 Å². The van der Waals surface area contributed by atoms with E-state index in [2.05, 4.69) is 26.8 Å². The maximum absolute atomic E-state index is 12.8. The van der Waals surface area contributed by atoms with E-state index in [4.69, 9.17) is 10.3 Å². The summed E-state index contributed by atoms with van der Waals surface area (Å²) < 4.78 is 5.37. The number of ether oxygens (including phenoxy) is 1. The van der Waals surface area contributed by atoms with Crippen molar-refractivity contribution in [2.45, 2.75) is 64.5 Å². The average Bonchev–Trinajstić information content (AvgIpc) is 2.56. The van der Waals surface area contributed by atoms with Crippen LogP contribution in [0.5, 0.6) is 0 Å². The molecular formula is C20H28N4O3Si. The van der Waals surface area contributed by atoms with Gasteiger partial charge in [0.1, 0.15) is 8.07 Å². The molecule has 0 aliphatic carbocycles. The van der Waals surface area contributed by atoms with Crippen LogP contribution in [0.1, 0.15) is 26.3 Å². The summed E-state index contributed by atoms with van der Waals surface area (Å²) in [5, 5.41) is 6.52. The lowest BCUT2D eigenvalue weighted by Gasteiger charge is -2.27. The number of hydrogen-bond donors (Lipinski definition) is 1. The van der Waals surface area contributed by atoms with Crippen molar-refractivity contribution in [2.24, 2.45) is 5.11 Å². The van der Waals surface area contributed by atoms with Crippen LogP contribution in [-0.2, 0) is 20.7 Å². The highest BCUT2D eigenvalue weighted by Gasteiger charge is 2.33. The lowest BCUT2D eigenvalue weighted by Crippen LogP contribution is -2.51. The van der Waals surface area contributed by atoms with E-state index in [1.54, 1.807) is 0 Å². The molecule has 0 spiro atoms. The van der Waals surface area contributed by atoms with E-state index in [1.807, 2.05) is 70.7 Å². The summed E-state index contributed by atoms with van der Waals surface area (Å²) in [7, 11) is -1.78. The van der Waals surface area contributed by atoms with Gasteiger partial charge in [-0.1, -0.05) is 55.1 Å². The van der Waals surface area contributed by atoms with Gasteiger partial charge in [0.05, 0.1) is 6.04 Å². The molecule has 1 N–H and O–H groups in total. The van der Waals surface area contributed by atoms with Crippen molar-refractivity contribution in [2.75, 3.05) is 0 Å². The minimum atomic E-state index is -1.78. The van der Waals surface area contributed by atoms with Crippen LogP contribution < -0.4 is 5.32 Å². The fourth-order valence-corrected chi connectivity index (χ4v) is 2.74. The number of carbonyl (C=O) groups is 2. The minimum absolute atomic E-state index is 0.252. The number of nitrogens with zero attached hydrogens (tertiary/aromatic N) is 3. The number of rotatable bonds is 6.